The van der Waals surface area contributed by atoms with E-state index in [9.17, 15) is 9.59 Å². The van der Waals surface area contributed by atoms with Crippen molar-refractivity contribution in [3.8, 4) is 0 Å². The Morgan fingerprint density at radius 3 is 2.33 bits per heavy atom. The van der Waals surface area contributed by atoms with Crippen LogP contribution in [0.5, 0.6) is 0 Å². The van der Waals surface area contributed by atoms with Crippen LogP contribution < -0.4 is 10.6 Å². The van der Waals surface area contributed by atoms with Gasteiger partial charge >= 0.3 is 0 Å². The molecule has 0 aromatic carbocycles. The van der Waals surface area contributed by atoms with Gasteiger partial charge < -0.3 is 10.6 Å². The van der Waals surface area contributed by atoms with Crippen molar-refractivity contribution in [3.05, 3.63) is 0 Å². The average Bonchev–Trinajstić information content (AvgIpc) is 2.03. The van der Waals surface area contributed by atoms with Crippen LogP contribution in [-0.2, 0) is 9.59 Å². The zero-order valence-electron chi connectivity index (χ0n) is 7.81. The fourth-order valence-electron chi connectivity index (χ4n) is 0.662. The fraction of sp³-hybridized carbons (Fsp3) is 0.750. The van der Waals surface area contributed by atoms with Gasteiger partial charge in [-0.05, 0) is 13.3 Å². The van der Waals surface area contributed by atoms with Crippen molar-refractivity contribution in [2.75, 3.05) is 7.05 Å². The lowest BCUT2D eigenvalue weighted by atomic mass is 10.2. The normalized spacial score (nSPS) is 11.9. The second-order valence-corrected chi connectivity index (χ2v) is 2.73. The lowest BCUT2D eigenvalue weighted by molar-refractivity contribution is -0.129. The van der Waals surface area contributed by atoms with Crippen LogP contribution in [0.1, 0.15) is 26.7 Å². The molecule has 1 unspecified atom stereocenters. The zero-order chi connectivity index (χ0) is 9.56. The number of rotatable bonds is 4. The lowest BCUT2D eigenvalue weighted by Crippen LogP contribution is -2.35. The van der Waals surface area contributed by atoms with Gasteiger partial charge in [-0.1, -0.05) is 6.92 Å². The third-order valence-corrected chi connectivity index (χ3v) is 1.62. The van der Waals surface area contributed by atoms with Crippen LogP contribution in [0.3, 0.4) is 0 Å². The summed E-state index contributed by atoms with van der Waals surface area (Å²) in [5.74, 6) is -0.473. The van der Waals surface area contributed by atoms with Crippen LogP contribution in [0.25, 0.3) is 0 Å². The third-order valence-electron chi connectivity index (χ3n) is 1.62. The first-order valence-electron chi connectivity index (χ1n) is 4.10. The van der Waals surface area contributed by atoms with Crippen LogP contribution >= 0.6 is 0 Å². The second kappa shape index (κ2) is 5.57. The summed E-state index contributed by atoms with van der Waals surface area (Å²) in [6, 6.07) is 0.141. The second-order valence-electron chi connectivity index (χ2n) is 2.73. The van der Waals surface area contributed by atoms with E-state index < -0.39 is 0 Å². The van der Waals surface area contributed by atoms with Gasteiger partial charge in [-0.25, -0.2) is 0 Å². The highest BCUT2D eigenvalue weighted by Crippen LogP contribution is 1.89. The van der Waals surface area contributed by atoms with E-state index in [1.165, 1.54) is 7.05 Å². The summed E-state index contributed by atoms with van der Waals surface area (Å²) < 4.78 is 0. The van der Waals surface area contributed by atoms with E-state index in [1.54, 1.807) is 0 Å². The Hall–Kier alpha value is -1.06. The van der Waals surface area contributed by atoms with Crippen LogP contribution in [-0.4, -0.2) is 24.9 Å². The van der Waals surface area contributed by atoms with Crippen molar-refractivity contribution in [1.82, 2.24) is 10.6 Å². The summed E-state index contributed by atoms with van der Waals surface area (Å²) in [5, 5.41) is 5.08. The molecule has 0 aromatic rings. The van der Waals surface area contributed by atoms with E-state index in [0.717, 1.165) is 6.42 Å². The molecular formula is C8H16N2O2. The van der Waals surface area contributed by atoms with Gasteiger partial charge in [-0.3, -0.25) is 9.59 Å². The molecule has 0 fully saturated rings. The summed E-state index contributed by atoms with van der Waals surface area (Å²) in [4.78, 5) is 21.7. The minimum absolute atomic E-state index is 0.0825. The summed E-state index contributed by atoms with van der Waals surface area (Å²) in [6.45, 7) is 3.88. The Balaban J connectivity index is 3.66. The van der Waals surface area contributed by atoms with Gasteiger partial charge in [0.15, 0.2) is 0 Å². The maximum atomic E-state index is 11.0. The molecule has 0 saturated heterocycles. The van der Waals surface area contributed by atoms with Crippen LogP contribution in [0.4, 0.5) is 0 Å². The maximum Gasteiger partial charge on any atom is 0.229 e. The van der Waals surface area contributed by atoms with E-state index in [2.05, 4.69) is 10.6 Å². The highest BCUT2D eigenvalue weighted by atomic mass is 16.2. The van der Waals surface area contributed by atoms with Gasteiger partial charge in [-0.15, -0.1) is 0 Å². The molecule has 0 aromatic heterocycles. The molecule has 1 atom stereocenters. The van der Waals surface area contributed by atoms with Gasteiger partial charge in [0.05, 0.1) is 0 Å². The van der Waals surface area contributed by atoms with Crippen molar-refractivity contribution >= 4 is 11.8 Å². The third kappa shape index (κ3) is 4.71. The molecule has 70 valence electrons. The lowest BCUT2D eigenvalue weighted by Gasteiger charge is -2.10. The molecule has 0 saturated carbocycles. The summed E-state index contributed by atoms with van der Waals surface area (Å²) in [6.07, 6.45) is 0.792. The maximum absolute atomic E-state index is 11.0. The minimum atomic E-state index is -0.254. The highest BCUT2D eigenvalue weighted by Gasteiger charge is 2.08. The van der Waals surface area contributed by atoms with Crippen LogP contribution in [0, 0.1) is 0 Å². The number of hydrogen-bond donors (Lipinski definition) is 2. The van der Waals surface area contributed by atoms with Crippen molar-refractivity contribution in [2.45, 2.75) is 32.7 Å². The van der Waals surface area contributed by atoms with Gasteiger partial charge in [0, 0.05) is 13.1 Å². The topological polar surface area (TPSA) is 58.2 Å². The van der Waals surface area contributed by atoms with Gasteiger partial charge in [0.1, 0.15) is 6.42 Å². The molecule has 0 rings (SSSR count). The molecule has 0 aliphatic heterocycles. The summed E-state index contributed by atoms with van der Waals surface area (Å²) in [7, 11) is 1.51. The molecule has 4 heteroatoms. The molecule has 0 aliphatic carbocycles. The van der Waals surface area contributed by atoms with E-state index in [1.807, 2.05) is 13.8 Å². The van der Waals surface area contributed by atoms with E-state index in [0.29, 0.717) is 0 Å². The quantitative estimate of drug-likeness (QED) is 0.588. The Morgan fingerprint density at radius 1 is 1.33 bits per heavy atom. The Kier molecular flexibility index (Phi) is 5.08. The predicted molar refractivity (Wildman–Crippen MR) is 46.6 cm³/mol. The highest BCUT2D eigenvalue weighted by molar-refractivity contribution is 5.96. The smallest absolute Gasteiger partial charge is 0.229 e. The average molecular weight is 172 g/mol. The first-order chi connectivity index (χ1) is 5.60. The van der Waals surface area contributed by atoms with E-state index >= 15 is 0 Å². The molecule has 12 heavy (non-hydrogen) atoms. The number of carbonyl (C=O) groups is 2. The van der Waals surface area contributed by atoms with E-state index in [-0.39, 0.29) is 24.3 Å². The van der Waals surface area contributed by atoms with Crippen molar-refractivity contribution in [1.29, 1.82) is 0 Å². The van der Waals surface area contributed by atoms with Crippen molar-refractivity contribution in [3.63, 3.8) is 0 Å². The molecule has 2 amide bonds. The van der Waals surface area contributed by atoms with Crippen LogP contribution in [0.2, 0.25) is 0 Å². The van der Waals surface area contributed by atoms with Crippen molar-refractivity contribution < 1.29 is 9.59 Å². The first-order valence-corrected chi connectivity index (χ1v) is 4.10. The van der Waals surface area contributed by atoms with E-state index in [4.69, 9.17) is 0 Å². The number of carbonyl (C=O) groups excluding carboxylic acids is 2. The number of amides is 2. The standard InChI is InChI=1S/C8H16N2O2/c1-4-6(2)10-8(12)5-7(11)9-3/h6H,4-5H2,1-3H3,(H,9,11)(H,10,12). The largest absolute Gasteiger partial charge is 0.359 e. The minimum Gasteiger partial charge on any atom is -0.359 e. The Labute approximate surface area is 72.7 Å². The SMILES string of the molecule is CCC(C)NC(=O)CC(=O)NC. The predicted octanol–water partition coefficient (Wildman–Crippen LogP) is 0.0372. The molecule has 0 spiro atoms. The molecular weight excluding hydrogens is 156 g/mol. The van der Waals surface area contributed by atoms with Crippen molar-refractivity contribution in [2.24, 2.45) is 0 Å². The molecule has 0 radical (unpaired) electrons. The zero-order valence-corrected chi connectivity index (χ0v) is 7.81. The Morgan fingerprint density at radius 2 is 1.92 bits per heavy atom. The first kappa shape index (κ1) is 10.9. The van der Waals surface area contributed by atoms with Gasteiger partial charge in [0.25, 0.3) is 0 Å². The van der Waals surface area contributed by atoms with Crippen LogP contribution in [0.15, 0.2) is 0 Å². The molecule has 4 nitrogen and oxygen atoms in total. The van der Waals surface area contributed by atoms with Gasteiger partial charge in [0.2, 0.25) is 11.8 Å². The monoisotopic (exact) mass is 172 g/mol. The number of hydrogen-bond acceptors (Lipinski definition) is 2. The summed E-state index contributed by atoms with van der Waals surface area (Å²) in [5.41, 5.74) is 0. The molecule has 0 aliphatic rings. The molecule has 0 bridgehead atoms. The fourth-order valence-corrected chi connectivity index (χ4v) is 0.662. The molecule has 0 heterocycles. The van der Waals surface area contributed by atoms with Gasteiger partial charge in [-0.2, -0.15) is 0 Å². The number of nitrogens with one attached hydrogen (secondary N) is 2. The Bertz CT molecular complexity index is 168. The summed E-state index contributed by atoms with van der Waals surface area (Å²) >= 11 is 0. The molecule has 2 N–H and O–H groups in total.